The molecule has 0 aliphatic carbocycles. The van der Waals surface area contributed by atoms with Crippen LogP contribution in [0.1, 0.15) is 0 Å². The Bertz CT molecular complexity index is 484. The van der Waals surface area contributed by atoms with Crippen molar-refractivity contribution in [2.24, 2.45) is 0 Å². The van der Waals surface area contributed by atoms with Crippen molar-refractivity contribution in [3.63, 3.8) is 0 Å². The topological polar surface area (TPSA) is 251 Å². The van der Waals surface area contributed by atoms with Crippen molar-refractivity contribution in [3.8, 4) is 0 Å². The summed E-state index contributed by atoms with van der Waals surface area (Å²) in [6, 6.07) is 0. The summed E-state index contributed by atoms with van der Waals surface area (Å²) in [5.74, 6) is -1.08. The Morgan fingerprint density at radius 1 is 0.828 bits per heavy atom. The molecule has 0 saturated carbocycles. The Kier molecular flexibility index (Phi) is 13.4. The molecule has 2 fully saturated rings. The van der Waals surface area contributed by atoms with Gasteiger partial charge in [0.2, 0.25) is 0 Å². The van der Waals surface area contributed by atoms with Crippen LogP contribution in [0, 0.1) is 0 Å². The SMILES string of the molecule is OC[C@H]1O[C@@H](O[C@H]2[C@H](O)[C@@H](O)C(O)O[C@@H]2CO)[C@H](O)[C@@H](O)[C@H]1O.[NH-]CC(=O)O.[Na+]. The van der Waals surface area contributed by atoms with E-state index in [-0.39, 0.29) is 29.6 Å². The minimum Gasteiger partial charge on any atom is -0.668 e. The summed E-state index contributed by atoms with van der Waals surface area (Å²) in [5, 5.41) is 84.0. The summed E-state index contributed by atoms with van der Waals surface area (Å²) in [6.07, 6.45) is -15.6. The van der Waals surface area contributed by atoms with Crippen molar-refractivity contribution in [2.75, 3.05) is 19.8 Å². The van der Waals surface area contributed by atoms with Gasteiger partial charge in [0.05, 0.1) is 13.2 Å². The Balaban J connectivity index is 0.00000117. The molecule has 2 aliphatic heterocycles. The number of rotatable bonds is 5. The van der Waals surface area contributed by atoms with Crippen LogP contribution in [-0.2, 0) is 19.0 Å². The average Bonchev–Trinajstić information content (AvgIpc) is 2.68. The maximum absolute atomic E-state index is 9.94. The zero-order chi connectivity index (χ0) is 21.6. The number of ether oxygens (including phenoxy) is 3. The molecule has 166 valence electrons. The number of hydrogen-bond acceptors (Lipinski definition) is 12. The molecule has 0 amide bonds. The summed E-state index contributed by atoms with van der Waals surface area (Å²) in [7, 11) is 0. The largest absolute Gasteiger partial charge is 1.00 e. The number of hydrogen-bond donors (Lipinski definition) is 9. The minimum absolute atomic E-state index is 0. The van der Waals surface area contributed by atoms with E-state index in [1.165, 1.54) is 0 Å². The number of carboxylic acids is 1. The first kappa shape index (κ1) is 29.0. The zero-order valence-electron chi connectivity index (χ0n) is 15.6. The van der Waals surface area contributed by atoms with Crippen molar-refractivity contribution in [1.82, 2.24) is 0 Å². The summed E-state index contributed by atoms with van der Waals surface area (Å²) in [4.78, 5) is 9.18. The van der Waals surface area contributed by atoms with Gasteiger partial charge < -0.3 is 65.9 Å². The third-order valence-corrected chi connectivity index (χ3v) is 4.13. The Morgan fingerprint density at radius 2 is 1.34 bits per heavy atom. The van der Waals surface area contributed by atoms with Gasteiger partial charge in [-0.15, -0.1) is 0 Å². The maximum atomic E-state index is 9.94. The summed E-state index contributed by atoms with van der Waals surface area (Å²) in [6.45, 7) is -1.87. The number of carboxylic acid groups (broad SMARTS) is 1. The van der Waals surface area contributed by atoms with E-state index in [0.29, 0.717) is 0 Å². The van der Waals surface area contributed by atoms with E-state index in [1.807, 2.05) is 0 Å². The third-order valence-electron chi connectivity index (χ3n) is 4.13. The van der Waals surface area contributed by atoms with E-state index < -0.39 is 87.1 Å². The summed E-state index contributed by atoms with van der Waals surface area (Å²) < 4.78 is 15.3. The molecule has 10 atom stereocenters. The van der Waals surface area contributed by atoms with Crippen molar-refractivity contribution in [1.29, 1.82) is 0 Å². The molecule has 0 aromatic rings. The second-order valence-corrected chi connectivity index (χ2v) is 6.10. The van der Waals surface area contributed by atoms with Crippen LogP contribution in [0.4, 0.5) is 0 Å². The molecular formula is C14H26NNaO13. The van der Waals surface area contributed by atoms with Crippen molar-refractivity contribution < 1.29 is 94.5 Å². The Labute approximate surface area is 187 Å². The van der Waals surface area contributed by atoms with Crippen molar-refractivity contribution in [2.45, 2.75) is 61.4 Å². The monoisotopic (exact) mass is 439 g/mol. The fraction of sp³-hybridized carbons (Fsp3) is 0.929. The number of carbonyl (C=O) groups is 1. The van der Waals surface area contributed by atoms with Gasteiger partial charge >= 0.3 is 29.6 Å². The van der Waals surface area contributed by atoms with Gasteiger partial charge in [-0.2, -0.15) is 0 Å². The van der Waals surface area contributed by atoms with E-state index in [0.717, 1.165) is 0 Å². The van der Waals surface area contributed by atoms with Crippen molar-refractivity contribution >= 4 is 5.97 Å². The molecule has 2 rings (SSSR count). The van der Waals surface area contributed by atoms with Gasteiger partial charge in [0.25, 0.3) is 5.97 Å². The number of aliphatic hydroxyl groups is 8. The predicted molar refractivity (Wildman–Crippen MR) is 85.4 cm³/mol. The zero-order valence-corrected chi connectivity index (χ0v) is 17.6. The molecule has 2 aliphatic rings. The van der Waals surface area contributed by atoms with Crippen LogP contribution < -0.4 is 29.6 Å². The molecule has 0 aromatic carbocycles. The smallest absolute Gasteiger partial charge is 0.668 e. The van der Waals surface area contributed by atoms with Crippen molar-refractivity contribution in [3.05, 3.63) is 5.73 Å². The molecule has 2 heterocycles. The van der Waals surface area contributed by atoms with Gasteiger partial charge in [0.1, 0.15) is 48.8 Å². The van der Waals surface area contributed by atoms with Crippen LogP contribution in [0.15, 0.2) is 0 Å². The quantitative estimate of drug-likeness (QED) is 0.181. The molecule has 0 bridgehead atoms. The van der Waals surface area contributed by atoms with Crippen LogP contribution >= 0.6 is 0 Å². The van der Waals surface area contributed by atoms with Crippen LogP contribution in [0.5, 0.6) is 0 Å². The Hall–Kier alpha value is -0.01000. The predicted octanol–water partition coefficient (Wildman–Crippen LogP) is -8.27. The number of nitrogens with one attached hydrogen (secondary N) is 1. The summed E-state index contributed by atoms with van der Waals surface area (Å²) in [5.41, 5.74) is 6.06. The first-order chi connectivity index (χ1) is 13.1. The molecule has 1 unspecified atom stereocenters. The number of aliphatic hydroxyl groups excluding tert-OH is 8. The van der Waals surface area contributed by atoms with E-state index in [9.17, 15) is 40.5 Å². The molecule has 0 aromatic heterocycles. The fourth-order valence-corrected chi connectivity index (χ4v) is 2.57. The van der Waals surface area contributed by atoms with Gasteiger partial charge in [-0.3, -0.25) is 4.79 Å². The van der Waals surface area contributed by atoms with Gasteiger partial charge in [0.15, 0.2) is 12.6 Å². The van der Waals surface area contributed by atoms with Gasteiger partial charge in [0, 0.05) is 0 Å². The first-order valence-corrected chi connectivity index (χ1v) is 8.21. The molecule has 0 spiro atoms. The summed E-state index contributed by atoms with van der Waals surface area (Å²) >= 11 is 0. The molecule has 14 nitrogen and oxygen atoms in total. The first-order valence-electron chi connectivity index (χ1n) is 8.21. The molecule has 29 heavy (non-hydrogen) atoms. The number of aliphatic carboxylic acids is 1. The van der Waals surface area contributed by atoms with Gasteiger partial charge in [-0.05, 0) is 0 Å². The van der Waals surface area contributed by atoms with Gasteiger partial charge in [-0.25, -0.2) is 0 Å². The second kappa shape index (κ2) is 13.4. The fourth-order valence-electron chi connectivity index (χ4n) is 2.57. The van der Waals surface area contributed by atoms with Crippen LogP contribution in [0.25, 0.3) is 5.73 Å². The second-order valence-electron chi connectivity index (χ2n) is 6.10. The van der Waals surface area contributed by atoms with E-state index in [1.54, 1.807) is 0 Å². The molecule has 10 N–H and O–H groups in total. The molecular weight excluding hydrogens is 413 g/mol. The van der Waals surface area contributed by atoms with Gasteiger partial charge in [-0.1, -0.05) is 6.54 Å². The average molecular weight is 439 g/mol. The van der Waals surface area contributed by atoms with E-state index in [2.05, 4.69) is 0 Å². The van der Waals surface area contributed by atoms with Crippen LogP contribution in [0.3, 0.4) is 0 Å². The van der Waals surface area contributed by atoms with E-state index in [4.69, 9.17) is 30.2 Å². The van der Waals surface area contributed by atoms with E-state index >= 15 is 0 Å². The standard InChI is InChI=1S/C12H22O11.C2H4NO2.Na/c13-1-3-5(15)6(16)9(19)12(22-3)23-10-4(2-14)21-11(20)8(18)7(10)17;3-1-2(4)5;/h3-20H,1-2H2;3H,1H2,(H,4,5);/q;-1;+1/t3-,4-,5+,6+,7-,8-,9-,10-,11?,12+;;/m1../s1. The third kappa shape index (κ3) is 7.57. The van der Waals surface area contributed by atoms with Crippen LogP contribution in [-0.4, -0.2) is 133 Å². The van der Waals surface area contributed by atoms with Crippen LogP contribution in [0.2, 0.25) is 0 Å². The minimum atomic E-state index is -1.74. The molecule has 2 saturated heterocycles. The Morgan fingerprint density at radius 3 is 1.79 bits per heavy atom. The maximum Gasteiger partial charge on any atom is 1.00 e. The molecule has 0 radical (unpaired) electrons. The molecule has 15 heteroatoms. The normalized spacial score (nSPS) is 42.2.